The number of amides is 1. The van der Waals surface area contributed by atoms with Crippen molar-refractivity contribution in [3.63, 3.8) is 0 Å². The molecule has 0 aliphatic rings. The van der Waals surface area contributed by atoms with Crippen LogP contribution in [0.25, 0.3) is 0 Å². The van der Waals surface area contributed by atoms with Crippen molar-refractivity contribution >= 4 is 29.0 Å². The zero-order valence-corrected chi connectivity index (χ0v) is 9.91. The Bertz CT molecular complexity index is 604. The van der Waals surface area contributed by atoms with Crippen molar-refractivity contribution in [1.29, 1.82) is 0 Å². The minimum atomic E-state index is -0.644. The largest absolute Gasteiger partial charge is 0.396 e. The number of nitrogens with zero attached hydrogens (tertiary/aromatic N) is 1. The Balaban J connectivity index is 2.28. The zero-order valence-electron chi connectivity index (χ0n) is 9.15. The SMILES string of the molecule is Nc1c(F)cccc1C(=O)Nc1ncccc1Cl. The van der Waals surface area contributed by atoms with Gasteiger partial charge in [-0.25, -0.2) is 9.37 Å². The van der Waals surface area contributed by atoms with Crippen LogP contribution in [0.4, 0.5) is 15.9 Å². The van der Waals surface area contributed by atoms with E-state index < -0.39 is 11.7 Å². The normalized spacial score (nSPS) is 10.1. The fourth-order valence-electron chi connectivity index (χ4n) is 1.39. The number of halogens is 2. The quantitative estimate of drug-likeness (QED) is 0.821. The van der Waals surface area contributed by atoms with Crippen LogP contribution in [0, 0.1) is 5.82 Å². The Morgan fingerprint density at radius 2 is 2.11 bits per heavy atom. The van der Waals surface area contributed by atoms with Crippen molar-refractivity contribution in [2.45, 2.75) is 0 Å². The summed E-state index contributed by atoms with van der Waals surface area (Å²) in [4.78, 5) is 15.8. The summed E-state index contributed by atoms with van der Waals surface area (Å²) in [5.74, 6) is -1.00. The maximum atomic E-state index is 13.2. The first-order chi connectivity index (χ1) is 8.59. The molecule has 0 aliphatic carbocycles. The molecule has 0 saturated carbocycles. The van der Waals surface area contributed by atoms with Crippen molar-refractivity contribution in [1.82, 2.24) is 4.98 Å². The van der Waals surface area contributed by atoms with E-state index in [-0.39, 0.29) is 17.1 Å². The summed E-state index contributed by atoms with van der Waals surface area (Å²) in [7, 11) is 0. The van der Waals surface area contributed by atoms with Gasteiger partial charge in [0.15, 0.2) is 5.82 Å². The second-order valence-electron chi connectivity index (χ2n) is 3.49. The first-order valence-corrected chi connectivity index (χ1v) is 5.43. The second-order valence-corrected chi connectivity index (χ2v) is 3.90. The number of nitrogen functional groups attached to an aromatic ring is 1. The molecule has 1 amide bonds. The van der Waals surface area contributed by atoms with Gasteiger partial charge in [0, 0.05) is 6.20 Å². The van der Waals surface area contributed by atoms with E-state index in [1.807, 2.05) is 0 Å². The van der Waals surface area contributed by atoms with E-state index in [0.717, 1.165) is 0 Å². The molecule has 0 spiro atoms. The number of carbonyl (C=O) groups excluding carboxylic acids is 1. The summed E-state index contributed by atoms with van der Waals surface area (Å²) in [5, 5.41) is 2.76. The molecule has 3 N–H and O–H groups in total. The van der Waals surface area contributed by atoms with E-state index in [1.54, 1.807) is 12.1 Å². The lowest BCUT2D eigenvalue weighted by Crippen LogP contribution is -2.15. The predicted molar refractivity (Wildman–Crippen MR) is 68.0 cm³/mol. The Kier molecular flexibility index (Phi) is 3.43. The molecule has 0 bridgehead atoms. The van der Waals surface area contributed by atoms with Crippen molar-refractivity contribution in [2.24, 2.45) is 0 Å². The number of rotatable bonds is 2. The molecule has 18 heavy (non-hydrogen) atoms. The van der Waals surface area contributed by atoms with Gasteiger partial charge in [-0.2, -0.15) is 0 Å². The molecule has 0 atom stereocenters. The molecule has 1 aromatic heterocycles. The van der Waals surface area contributed by atoms with Gasteiger partial charge in [-0.1, -0.05) is 17.7 Å². The van der Waals surface area contributed by atoms with Crippen LogP contribution in [-0.4, -0.2) is 10.9 Å². The minimum absolute atomic E-state index is 0.0386. The van der Waals surface area contributed by atoms with E-state index >= 15 is 0 Å². The molecule has 92 valence electrons. The molecule has 0 fully saturated rings. The smallest absolute Gasteiger partial charge is 0.259 e. The number of benzene rings is 1. The van der Waals surface area contributed by atoms with Gasteiger partial charge < -0.3 is 11.1 Å². The molecule has 0 saturated heterocycles. The van der Waals surface area contributed by atoms with Gasteiger partial charge in [0.1, 0.15) is 5.82 Å². The van der Waals surface area contributed by atoms with Crippen LogP contribution in [0.2, 0.25) is 5.02 Å². The number of pyridine rings is 1. The summed E-state index contributed by atoms with van der Waals surface area (Å²) in [6.45, 7) is 0. The van der Waals surface area contributed by atoms with E-state index in [2.05, 4.69) is 10.3 Å². The zero-order chi connectivity index (χ0) is 13.1. The summed E-state index contributed by atoms with van der Waals surface area (Å²) in [6.07, 6.45) is 1.48. The summed E-state index contributed by atoms with van der Waals surface area (Å²) < 4.78 is 13.2. The molecular formula is C12H9ClFN3O. The highest BCUT2D eigenvalue weighted by Crippen LogP contribution is 2.21. The number of anilines is 2. The van der Waals surface area contributed by atoms with Gasteiger partial charge in [-0.15, -0.1) is 0 Å². The van der Waals surface area contributed by atoms with Gasteiger partial charge >= 0.3 is 0 Å². The van der Waals surface area contributed by atoms with Gasteiger partial charge in [-0.3, -0.25) is 4.79 Å². The molecule has 0 radical (unpaired) electrons. The molecule has 4 nitrogen and oxygen atoms in total. The highest BCUT2D eigenvalue weighted by molar-refractivity contribution is 6.33. The average Bonchev–Trinajstić information content (AvgIpc) is 2.35. The third-order valence-electron chi connectivity index (χ3n) is 2.29. The Labute approximate surface area is 108 Å². The third-order valence-corrected chi connectivity index (χ3v) is 2.59. The molecule has 1 heterocycles. The van der Waals surface area contributed by atoms with Crippen LogP contribution < -0.4 is 11.1 Å². The Hall–Kier alpha value is -2.14. The Morgan fingerprint density at radius 1 is 1.33 bits per heavy atom. The lowest BCUT2D eigenvalue weighted by atomic mass is 10.1. The predicted octanol–water partition coefficient (Wildman–Crippen LogP) is 2.71. The number of aromatic nitrogens is 1. The van der Waals surface area contributed by atoms with Gasteiger partial charge in [0.2, 0.25) is 0 Å². The monoisotopic (exact) mass is 265 g/mol. The van der Waals surface area contributed by atoms with Crippen molar-refractivity contribution in [3.05, 3.63) is 52.9 Å². The van der Waals surface area contributed by atoms with E-state index in [4.69, 9.17) is 17.3 Å². The number of carbonyl (C=O) groups is 1. The van der Waals surface area contributed by atoms with E-state index in [1.165, 1.54) is 24.4 Å². The van der Waals surface area contributed by atoms with Crippen molar-refractivity contribution < 1.29 is 9.18 Å². The van der Waals surface area contributed by atoms with Crippen LogP contribution in [0.3, 0.4) is 0 Å². The van der Waals surface area contributed by atoms with Crippen molar-refractivity contribution in [3.8, 4) is 0 Å². The maximum Gasteiger partial charge on any atom is 0.259 e. The fourth-order valence-corrected chi connectivity index (χ4v) is 1.56. The molecular weight excluding hydrogens is 257 g/mol. The molecule has 2 aromatic rings. The number of para-hydroxylation sites is 1. The highest BCUT2D eigenvalue weighted by Gasteiger charge is 2.14. The number of nitrogens with one attached hydrogen (secondary N) is 1. The number of hydrogen-bond donors (Lipinski definition) is 2. The summed E-state index contributed by atoms with van der Waals surface area (Å²) >= 11 is 5.84. The summed E-state index contributed by atoms with van der Waals surface area (Å²) in [6, 6.07) is 7.22. The topological polar surface area (TPSA) is 68.0 Å². The fraction of sp³-hybridized carbons (Fsp3) is 0. The highest BCUT2D eigenvalue weighted by atomic mass is 35.5. The van der Waals surface area contributed by atoms with Gasteiger partial charge in [-0.05, 0) is 24.3 Å². The number of nitrogens with two attached hydrogens (primary N) is 1. The van der Waals surface area contributed by atoms with Crippen molar-refractivity contribution in [2.75, 3.05) is 11.1 Å². The van der Waals surface area contributed by atoms with Gasteiger partial charge in [0.25, 0.3) is 5.91 Å². The second kappa shape index (κ2) is 5.01. The van der Waals surface area contributed by atoms with Crippen LogP contribution >= 0.6 is 11.6 Å². The molecule has 1 aromatic carbocycles. The summed E-state index contributed by atoms with van der Waals surface area (Å²) in [5.41, 5.74) is 5.32. The molecule has 0 unspecified atom stereocenters. The first-order valence-electron chi connectivity index (χ1n) is 5.05. The average molecular weight is 266 g/mol. The molecule has 0 aliphatic heterocycles. The Morgan fingerprint density at radius 3 is 2.83 bits per heavy atom. The van der Waals surface area contributed by atoms with E-state index in [9.17, 15) is 9.18 Å². The lowest BCUT2D eigenvalue weighted by molar-refractivity contribution is 0.102. The van der Waals surface area contributed by atoms with Crippen LogP contribution in [-0.2, 0) is 0 Å². The first kappa shape index (κ1) is 12.3. The van der Waals surface area contributed by atoms with Crippen LogP contribution in [0.1, 0.15) is 10.4 Å². The third kappa shape index (κ3) is 2.41. The number of hydrogen-bond acceptors (Lipinski definition) is 3. The van der Waals surface area contributed by atoms with Gasteiger partial charge in [0.05, 0.1) is 16.3 Å². The lowest BCUT2D eigenvalue weighted by Gasteiger charge is -2.08. The van der Waals surface area contributed by atoms with Crippen LogP contribution in [0.15, 0.2) is 36.5 Å². The maximum absolute atomic E-state index is 13.2. The molecule has 6 heteroatoms. The molecule has 2 rings (SSSR count). The standard InChI is InChI=1S/C12H9ClFN3O/c13-8-4-2-6-16-11(8)17-12(18)7-3-1-5-9(14)10(7)15/h1-6H,15H2,(H,16,17,18). The minimum Gasteiger partial charge on any atom is -0.396 e. The van der Waals surface area contributed by atoms with Crippen LogP contribution in [0.5, 0.6) is 0 Å². The van der Waals surface area contributed by atoms with E-state index in [0.29, 0.717) is 5.02 Å².